The normalized spacial score (nSPS) is 22.4. The van der Waals surface area contributed by atoms with E-state index in [4.69, 9.17) is 4.74 Å². The SMILES string of the molecule is CCOC(=O)C(CN1CCCC1CN(C)C)NC. The summed E-state index contributed by atoms with van der Waals surface area (Å²) in [5.74, 6) is -0.143. The first-order valence-corrected chi connectivity index (χ1v) is 6.81. The lowest BCUT2D eigenvalue weighted by Gasteiger charge is -2.29. The van der Waals surface area contributed by atoms with E-state index in [0.29, 0.717) is 12.6 Å². The van der Waals surface area contributed by atoms with E-state index >= 15 is 0 Å². The molecule has 0 amide bonds. The third kappa shape index (κ3) is 4.55. The maximum absolute atomic E-state index is 11.8. The number of carbonyl (C=O) groups is 1. The van der Waals surface area contributed by atoms with Gasteiger partial charge in [-0.05, 0) is 47.5 Å². The fourth-order valence-electron chi connectivity index (χ4n) is 2.52. The number of ether oxygens (including phenoxy) is 1. The molecule has 18 heavy (non-hydrogen) atoms. The Hall–Kier alpha value is -0.650. The van der Waals surface area contributed by atoms with Crippen LogP contribution in [0.4, 0.5) is 0 Å². The van der Waals surface area contributed by atoms with Gasteiger partial charge >= 0.3 is 5.97 Å². The largest absolute Gasteiger partial charge is 0.465 e. The Bertz CT molecular complexity index is 259. The van der Waals surface area contributed by atoms with Crippen molar-refractivity contribution in [3.05, 3.63) is 0 Å². The molecule has 1 fully saturated rings. The molecule has 5 heteroatoms. The molecule has 1 rings (SSSR count). The van der Waals surface area contributed by atoms with Crippen LogP contribution in [0.1, 0.15) is 19.8 Å². The molecule has 2 atom stereocenters. The van der Waals surface area contributed by atoms with Crippen molar-refractivity contribution in [2.45, 2.75) is 31.8 Å². The van der Waals surface area contributed by atoms with Gasteiger partial charge in [-0.25, -0.2) is 0 Å². The van der Waals surface area contributed by atoms with Crippen LogP contribution in [0.25, 0.3) is 0 Å². The number of nitrogens with zero attached hydrogens (tertiary/aromatic N) is 2. The highest BCUT2D eigenvalue weighted by Crippen LogP contribution is 2.18. The molecule has 0 radical (unpaired) electrons. The summed E-state index contributed by atoms with van der Waals surface area (Å²) in [4.78, 5) is 16.4. The smallest absolute Gasteiger partial charge is 0.324 e. The van der Waals surface area contributed by atoms with Crippen molar-refractivity contribution in [1.82, 2.24) is 15.1 Å². The van der Waals surface area contributed by atoms with Crippen LogP contribution in [0, 0.1) is 0 Å². The average molecular weight is 257 g/mol. The standard InChI is InChI=1S/C13H27N3O2/c1-5-18-13(17)12(14-2)10-16-8-6-7-11(16)9-15(3)4/h11-12,14H,5-10H2,1-4H3. The van der Waals surface area contributed by atoms with Gasteiger partial charge in [-0.1, -0.05) is 0 Å². The van der Waals surface area contributed by atoms with Crippen LogP contribution in [0.5, 0.6) is 0 Å². The summed E-state index contributed by atoms with van der Waals surface area (Å²) in [5.41, 5.74) is 0. The summed E-state index contributed by atoms with van der Waals surface area (Å²) in [6.45, 7) is 5.16. The van der Waals surface area contributed by atoms with E-state index in [2.05, 4.69) is 29.2 Å². The summed E-state index contributed by atoms with van der Waals surface area (Å²) >= 11 is 0. The molecule has 5 nitrogen and oxygen atoms in total. The fraction of sp³-hybridized carbons (Fsp3) is 0.923. The van der Waals surface area contributed by atoms with Crippen LogP contribution in [-0.2, 0) is 9.53 Å². The second-order valence-corrected chi connectivity index (χ2v) is 5.15. The lowest BCUT2D eigenvalue weighted by Crippen LogP contribution is -2.48. The third-order valence-electron chi connectivity index (χ3n) is 3.41. The lowest BCUT2D eigenvalue weighted by molar-refractivity contribution is -0.146. The minimum absolute atomic E-state index is 0.143. The molecule has 0 bridgehead atoms. The quantitative estimate of drug-likeness (QED) is 0.658. The van der Waals surface area contributed by atoms with Crippen molar-refractivity contribution in [2.75, 3.05) is 47.4 Å². The molecule has 0 aromatic rings. The first kappa shape index (κ1) is 15.4. The van der Waals surface area contributed by atoms with E-state index in [0.717, 1.165) is 19.6 Å². The van der Waals surface area contributed by atoms with Gasteiger partial charge < -0.3 is 15.0 Å². The molecular formula is C13H27N3O2. The molecule has 0 aromatic carbocycles. The minimum atomic E-state index is -0.215. The molecule has 1 saturated heterocycles. The van der Waals surface area contributed by atoms with Gasteiger partial charge in [0.2, 0.25) is 0 Å². The summed E-state index contributed by atoms with van der Waals surface area (Å²) in [7, 11) is 6.01. The number of esters is 1. The Morgan fingerprint density at radius 3 is 2.83 bits per heavy atom. The topological polar surface area (TPSA) is 44.8 Å². The van der Waals surface area contributed by atoms with Gasteiger partial charge in [0, 0.05) is 19.1 Å². The Kier molecular flexibility index (Phi) is 6.60. The summed E-state index contributed by atoms with van der Waals surface area (Å²) < 4.78 is 5.08. The van der Waals surface area contributed by atoms with Gasteiger partial charge in [-0.15, -0.1) is 0 Å². The third-order valence-corrected chi connectivity index (χ3v) is 3.41. The van der Waals surface area contributed by atoms with Crippen molar-refractivity contribution in [3.63, 3.8) is 0 Å². The zero-order chi connectivity index (χ0) is 13.5. The van der Waals surface area contributed by atoms with Crippen LogP contribution in [0.2, 0.25) is 0 Å². The van der Waals surface area contributed by atoms with Gasteiger partial charge in [0.1, 0.15) is 6.04 Å². The Balaban J connectivity index is 2.49. The molecule has 1 aliphatic heterocycles. The Morgan fingerprint density at radius 1 is 1.56 bits per heavy atom. The van der Waals surface area contributed by atoms with E-state index in [1.165, 1.54) is 12.8 Å². The van der Waals surface area contributed by atoms with Crippen molar-refractivity contribution >= 4 is 5.97 Å². The van der Waals surface area contributed by atoms with E-state index in [9.17, 15) is 4.79 Å². The predicted octanol–water partition coefficient (Wildman–Crippen LogP) is 0.164. The van der Waals surface area contributed by atoms with Crippen molar-refractivity contribution in [2.24, 2.45) is 0 Å². The molecule has 106 valence electrons. The molecule has 0 aromatic heterocycles. The highest BCUT2D eigenvalue weighted by molar-refractivity contribution is 5.76. The second kappa shape index (κ2) is 7.71. The molecule has 1 N–H and O–H groups in total. The first-order valence-electron chi connectivity index (χ1n) is 6.81. The zero-order valence-corrected chi connectivity index (χ0v) is 12.1. The first-order chi connectivity index (χ1) is 8.58. The maximum atomic E-state index is 11.8. The maximum Gasteiger partial charge on any atom is 0.324 e. The number of nitrogens with one attached hydrogen (secondary N) is 1. The number of likely N-dealkylation sites (N-methyl/N-ethyl adjacent to an activating group) is 2. The lowest BCUT2D eigenvalue weighted by atomic mass is 10.2. The van der Waals surface area contributed by atoms with Crippen LogP contribution >= 0.6 is 0 Å². The van der Waals surface area contributed by atoms with Gasteiger partial charge in [0.25, 0.3) is 0 Å². The van der Waals surface area contributed by atoms with Crippen LogP contribution in [-0.4, -0.2) is 75.2 Å². The number of hydrogen-bond acceptors (Lipinski definition) is 5. The minimum Gasteiger partial charge on any atom is -0.465 e. The number of hydrogen-bond donors (Lipinski definition) is 1. The highest BCUT2D eigenvalue weighted by Gasteiger charge is 2.29. The molecule has 1 heterocycles. The monoisotopic (exact) mass is 257 g/mol. The van der Waals surface area contributed by atoms with Crippen LogP contribution in [0.15, 0.2) is 0 Å². The van der Waals surface area contributed by atoms with E-state index < -0.39 is 0 Å². The molecule has 0 aliphatic carbocycles. The van der Waals surface area contributed by atoms with Crippen LogP contribution < -0.4 is 5.32 Å². The molecule has 1 aliphatic rings. The molecule has 0 saturated carbocycles. The zero-order valence-electron chi connectivity index (χ0n) is 12.1. The van der Waals surface area contributed by atoms with E-state index in [-0.39, 0.29) is 12.0 Å². The van der Waals surface area contributed by atoms with Gasteiger partial charge in [0.05, 0.1) is 6.61 Å². The fourth-order valence-corrected chi connectivity index (χ4v) is 2.52. The van der Waals surface area contributed by atoms with E-state index in [1.54, 1.807) is 0 Å². The molecular weight excluding hydrogens is 230 g/mol. The summed E-state index contributed by atoms with van der Waals surface area (Å²) in [6, 6.07) is 0.345. The highest BCUT2D eigenvalue weighted by atomic mass is 16.5. The number of likely N-dealkylation sites (tertiary alicyclic amines) is 1. The molecule has 2 unspecified atom stereocenters. The summed E-state index contributed by atoms with van der Waals surface area (Å²) in [6.07, 6.45) is 2.44. The van der Waals surface area contributed by atoms with Crippen molar-refractivity contribution in [1.29, 1.82) is 0 Å². The number of carbonyl (C=O) groups excluding carboxylic acids is 1. The van der Waals surface area contributed by atoms with Gasteiger partial charge in [-0.2, -0.15) is 0 Å². The Morgan fingerprint density at radius 2 is 2.28 bits per heavy atom. The van der Waals surface area contributed by atoms with Gasteiger partial charge in [0.15, 0.2) is 0 Å². The Labute approximate surface area is 110 Å². The number of rotatable bonds is 7. The van der Waals surface area contributed by atoms with Gasteiger partial charge in [-0.3, -0.25) is 9.69 Å². The van der Waals surface area contributed by atoms with Crippen LogP contribution in [0.3, 0.4) is 0 Å². The molecule has 0 spiro atoms. The second-order valence-electron chi connectivity index (χ2n) is 5.15. The van der Waals surface area contributed by atoms with Crippen molar-refractivity contribution in [3.8, 4) is 0 Å². The summed E-state index contributed by atoms with van der Waals surface area (Å²) in [5, 5.41) is 3.06. The van der Waals surface area contributed by atoms with E-state index in [1.807, 2.05) is 14.0 Å². The van der Waals surface area contributed by atoms with Crippen molar-refractivity contribution < 1.29 is 9.53 Å². The predicted molar refractivity (Wildman–Crippen MR) is 72.6 cm³/mol. The average Bonchev–Trinajstić information content (AvgIpc) is 2.72.